The predicted molar refractivity (Wildman–Crippen MR) is 199 cm³/mol. The Morgan fingerprint density at radius 1 is 0.426 bits per heavy atom. The molecule has 1 N–H and O–H groups in total. The van der Waals surface area contributed by atoms with Crippen LogP contribution in [0.4, 0.5) is 4.79 Å². The Morgan fingerprint density at radius 3 is 1.00 bits per heavy atom. The van der Waals surface area contributed by atoms with Crippen LogP contribution in [0.25, 0.3) is 0 Å². The van der Waals surface area contributed by atoms with Gasteiger partial charge in [-0.05, 0) is 40.0 Å². The van der Waals surface area contributed by atoms with Crippen molar-refractivity contribution in [1.82, 2.24) is 5.32 Å². The summed E-state index contributed by atoms with van der Waals surface area (Å²) in [7, 11) is 0. The summed E-state index contributed by atoms with van der Waals surface area (Å²) >= 11 is 0. The Hall–Kier alpha value is -1.59. The minimum Gasteiger partial charge on any atom is -0.444 e. The molecule has 0 spiro atoms. The lowest BCUT2D eigenvalue weighted by molar-refractivity contribution is -0.159. The second-order valence-corrected chi connectivity index (χ2v) is 15.0. The quantitative estimate of drug-likeness (QED) is 0.0420. The van der Waals surface area contributed by atoms with Gasteiger partial charge in [0.25, 0.3) is 0 Å². The fourth-order valence-corrected chi connectivity index (χ4v) is 6.07. The molecule has 6 heteroatoms. The van der Waals surface area contributed by atoms with Gasteiger partial charge in [0, 0.05) is 19.4 Å². The summed E-state index contributed by atoms with van der Waals surface area (Å²) in [5, 5.41) is 2.83. The van der Waals surface area contributed by atoms with Crippen LogP contribution in [0.1, 0.15) is 233 Å². The number of hydrogen-bond acceptors (Lipinski definition) is 5. The van der Waals surface area contributed by atoms with Crippen molar-refractivity contribution < 1.29 is 23.9 Å². The molecule has 0 aromatic heterocycles. The first kappa shape index (κ1) is 45.4. The minimum absolute atomic E-state index is 0.316. The minimum atomic E-state index is -0.433. The number of hydrogen-bond donors (Lipinski definition) is 1. The highest BCUT2D eigenvalue weighted by Gasteiger charge is 2.15. The van der Waals surface area contributed by atoms with Gasteiger partial charge in [-0.25, -0.2) is 4.79 Å². The van der Waals surface area contributed by atoms with Crippen molar-refractivity contribution in [1.29, 1.82) is 0 Å². The third kappa shape index (κ3) is 38.7. The third-order valence-electron chi connectivity index (χ3n) is 8.94. The topological polar surface area (TPSA) is 81.7 Å². The molecule has 0 bridgehead atoms. The number of rotatable bonds is 34. The van der Waals surface area contributed by atoms with Crippen molar-refractivity contribution >= 4 is 18.0 Å². The van der Waals surface area contributed by atoms with E-state index in [0.717, 1.165) is 44.9 Å². The van der Waals surface area contributed by atoms with Crippen LogP contribution in [0, 0.1) is 0 Å². The second-order valence-electron chi connectivity index (χ2n) is 15.0. The molecule has 0 saturated heterocycles. The standard InChI is InChI=1S/C41H79NO5/c1-5-6-7-8-9-10-11-12-14-17-20-23-26-29-32-35-38(43)46-39(44)36-33-30-27-24-21-18-15-13-16-19-22-25-28-31-34-37-42-40(45)47-41(2,3)4/h5-37H2,1-4H3,(H,42,45). The normalized spacial score (nSPS) is 11.5. The first-order valence-electron chi connectivity index (χ1n) is 20.4. The van der Waals surface area contributed by atoms with Gasteiger partial charge >= 0.3 is 18.0 Å². The molecule has 0 aromatic carbocycles. The van der Waals surface area contributed by atoms with E-state index in [2.05, 4.69) is 12.2 Å². The fourth-order valence-electron chi connectivity index (χ4n) is 6.07. The lowest BCUT2D eigenvalue weighted by atomic mass is 10.0. The molecular weight excluding hydrogens is 586 g/mol. The van der Waals surface area contributed by atoms with Crippen molar-refractivity contribution in [2.75, 3.05) is 6.54 Å². The van der Waals surface area contributed by atoms with E-state index in [1.165, 1.54) is 148 Å². The summed E-state index contributed by atoms with van der Waals surface area (Å²) in [5.41, 5.74) is -0.433. The zero-order chi connectivity index (χ0) is 34.7. The zero-order valence-corrected chi connectivity index (χ0v) is 31.9. The summed E-state index contributed by atoms with van der Waals surface area (Å²) in [4.78, 5) is 35.5. The number of carbonyl (C=O) groups excluding carboxylic acids is 3. The third-order valence-corrected chi connectivity index (χ3v) is 8.94. The Labute approximate surface area is 292 Å². The summed E-state index contributed by atoms with van der Waals surface area (Å²) < 4.78 is 10.3. The number of ether oxygens (including phenoxy) is 2. The van der Waals surface area contributed by atoms with Crippen molar-refractivity contribution in [2.45, 2.75) is 239 Å². The molecular formula is C41H79NO5. The SMILES string of the molecule is CCCCCCCCCCCCCCCCCC(=O)OC(=O)CCCCCCCCCCCCCCCCCNC(=O)OC(C)(C)C. The average molecular weight is 666 g/mol. The molecule has 0 aliphatic rings. The monoisotopic (exact) mass is 666 g/mol. The molecule has 0 heterocycles. The molecule has 278 valence electrons. The van der Waals surface area contributed by atoms with Gasteiger partial charge in [0.1, 0.15) is 5.60 Å². The number of nitrogens with one attached hydrogen (secondary N) is 1. The van der Waals surface area contributed by atoms with Gasteiger partial charge < -0.3 is 14.8 Å². The van der Waals surface area contributed by atoms with Crippen molar-refractivity contribution in [3.8, 4) is 0 Å². The summed E-state index contributed by atoms with van der Waals surface area (Å²) in [6.07, 6.45) is 38.1. The first-order chi connectivity index (χ1) is 22.7. The lowest BCUT2D eigenvalue weighted by Gasteiger charge is -2.19. The summed E-state index contributed by atoms with van der Waals surface area (Å²) in [6.45, 7) is 8.61. The molecule has 0 unspecified atom stereocenters. The summed E-state index contributed by atoms with van der Waals surface area (Å²) in [6, 6.07) is 0. The molecule has 0 aliphatic heterocycles. The van der Waals surface area contributed by atoms with E-state index in [0.29, 0.717) is 19.4 Å². The van der Waals surface area contributed by atoms with Gasteiger partial charge in [-0.3, -0.25) is 9.59 Å². The van der Waals surface area contributed by atoms with Gasteiger partial charge in [0.15, 0.2) is 0 Å². The first-order valence-corrected chi connectivity index (χ1v) is 20.4. The maximum Gasteiger partial charge on any atom is 0.407 e. The van der Waals surface area contributed by atoms with Gasteiger partial charge in [-0.1, -0.05) is 180 Å². The van der Waals surface area contributed by atoms with Gasteiger partial charge in [0.05, 0.1) is 0 Å². The van der Waals surface area contributed by atoms with E-state index in [1.807, 2.05) is 20.8 Å². The van der Waals surface area contributed by atoms with E-state index in [4.69, 9.17) is 9.47 Å². The molecule has 0 aromatic rings. The van der Waals surface area contributed by atoms with Crippen molar-refractivity contribution in [3.63, 3.8) is 0 Å². The molecule has 0 aliphatic carbocycles. The molecule has 0 radical (unpaired) electrons. The second kappa shape index (κ2) is 34.3. The van der Waals surface area contributed by atoms with E-state index < -0.39 is 5.60 Å². The highest BCUT2D eigenvalue weighted by Crippen LogP contribution is 2.16. The van der Waals surface area contributed by atoms with Crippen LogP contribution >= 0.6 is 0 Å². The van der Waals surface area contributed by atoms with Crippen molar-refractivity contribution in [2.24, 2.45) is 0 Å². The molecule has 0 atom stereocenters. The van der Waals surface area contributed by atoms with E-state index in [1.54, 1.807) is 0 Å². The van der Waals surface area contributed by atoms with Crippen LogP contribution < -0.4 is 5.32 Å². The smallest absolute Gasteiger partial charge is 0.407 e. The molecule has 1 amide bonds. The van der Waals surface area contributed by atoms with Crippen molar-refractivity contribution in [3.05, 3.63) is 0 Å². The summed E-state index contributed by atoms with van der Waals surface area (Å²) in [5.74, 6) is -0.680. The Kier molecular flexibility index (Phi) is 33.1. The largest absolute Gasteiger partial charge is 0.444 e. The Bertz CT molecular complexity index is 717. The van der Waals surface area contributed by atoms with Crippen LogP contribution in [-0.2, 0) is 19.1 Å². The molecule has 6 nitrogen and oxygen atoms in total. The van der Waals surface area contributed by atoms with E-state index >= 15 is 0 Å². The molecule has 0 fully saturated rings. The van der Waals surface area contributed by atoms with Gasteiger partial charge in [-0.2, -0.15) is 0 Å². The van der Waals surface area contributed by atoms with E-state index in [9.17, 15) is 14.4 Å². The maximum absolute atomic E-state index is 12.0. The van der Waals surface area contributed by atoms with Crippen LogP contribution in [0.5, 0.6) is 0 Å². The maximum atomic E-state index is 12.0. The van der Waals surface area contributed by atoms with Crippen LogP contribution in [0.15, 0.2) is 0 Å². The molecule has 47 heavy (non-hydrogen) atoms. The lowest BCUT2D eigenvalue weighted by Crippen LogP contribution is -2.32. The number of carbonyl (C=O) groups is 3. The Morgan fingerprint density at radius 2 is 0.702 bits per heavy atom. The number of alkyl carbamates (subject to hydrolysis) is 1. The highest BCUT2D eigenvalue weighted by atomic mass is 16.6. The van der Waals surface area contributed by atoms with Gasteiger partial charge in [-0.15, -0.1) is 0 Å². The predicted octanol–water partition coefficient (Wildman–Crippen LogP) is 13.1. The molecule has 0 saturated carbocycles. The highest BCUT2D eigenvalue weighted by molar-refractivity contribution is 5.85. The number of unbranched alkanes of at least 4 members (excludes halogenated alkanes) is 28. The average Bonchev–Trinajstić information content (AvgIpc) is 3.01. The van der Waals surface area contributed by atoms with Crippen LogP contribution in [-0.4, -0.2) is 30.2 Å². The van der Waals surface area contributed by atoms with E-state index in [-0.39, 0.29) is 18.0 Å². The number of esters is 2. The van der Waals surface area contributed by atoms with Gasteiger partial charge in [0.2, 0.25) is 0 Å². The molecule has 0 rings (SSSR count). The number of amides is 1. The Balaban J connectivity index is 3.30. The van der Waals surface area contributed by atoms with Crippen LogP contribution in [0.2, 0.25) is 0 Å². The fraction of sp³-hybridized carbons (Fsp3) is 0.927. The van der Waals surface area contributed by atoms with Crippen LogP contribution in [0.3, 0.4) is 0 Å². The zero-order valence-electron chi connectivity index (χ0n) is 31.9.